The van der Waals surface area contributed by atoms with Gasteiger partial charge in [-0.3, -0.25) is 5.73 Å². The highest BCUT2D eigenvalue weighted by Crippen LogP contribution is 2.37. The molecule has 0 radical (unpaired) electrons. The van der Waals surface area contributed by atoms with Crippen LogP contribution in [0.25, 0.3) is 0 Å². The molecule has 0 aromatic heterocycles. The number of nitrogens with two attached hydrogens (primary N) is 1. The SMILES string of the molecule is COc1cc(C=NC2(N)N=CC=N2)cc(OC)c1OC. The Hall–Kier alpha value is -2.41. The lowest BCUT2D eigenvalue weighted by Gasteiger charge is -2.13. The van der Waals surface area contributed by atoms with E-state index in [9.17, 15) is 0 Å². The minimum atomic E-state index is -1.28. The number of nitrogens with zero attached hydrogens (tertiary/aromatic N) is 3. The Morgan fingerprint density at radius 3 is 2.05 bits per heavy atom. The monoisotopic (exact) mass is 276 g/mol. The Morgan fingerprint density at radius 1 is 1.05 bits per heavy atom. The van der Waals surface area contributed by atoms with Crippen LogP contribution in [0.2, 0.25) is 0 Å². The first-order chi connectivity index (χ1) is 9.61. The summed E-state index contributed by atoms with van der Waals surface area (Å²) in [4.78, 5) is 12.0. The summed E-state index contributed by atoms with van der Waals surface area (Å²) < 4.78 is 15.8. The minimum absolute atomic E-state index is 0.520. The summed E-state index contributed by atoms with van der Waals surface area (Å²) >= 11 is 0. The van der Waals surface area contributed by atoms with Crippen molar-refractivity contribution in [1.82, 2.24) is 0 Å². The molecule has 2 N–H and O–H groups in total. The fraction of sp³-hybridized carbons (Fsp3) is 0.308. The molecule has 7 heteroatoms. The number of rotatable bonds is 5. The standard InChI is InChI=1S/C13H16N4O3/c1-18-10-6-9(7-11(19-2)12(10)20-3)8-17-13(14)15-4-5-16-13/h4-8H,14H2,1-3H3. The first kappa shape index (κ1) is 14.0. The number of benzene rings is 1. The average molecular weight is 276 g/mol. The van der Waals surface area contributed by atoms with Crippen LogP contribution >= 0.6 is 0 Å². The van der Waals surface area contributed by atoms with Crippen molar-refractivity contribution < 1.29 is 14.2 Å². The summed E-state index contributed by atoms with van der Waals surface area (Å²) in [7, 11) is 4.65. The van der Waals surface area contributed by atoms with Gasteiger partial charge in [0.25, 0.3) is 0 Å². The summed E-state index contributed by atoms with van der Waals surface area (Å²) in [5.41, 5.74) is 6.56. The molecule has 0 amide bonds. The topological polar surface area (TPSA) is 90.8 Å². The number of aliphatic imine (C=N–C) groups is 3. The Morgan fingerprint density at radius 2 is 1.60 bits per heavy atom. The van der Waals surface area contributed by atoms with E-state index in [-0.39, 0.29) is 0 Å². The largest absolute Gasteiger partial charge is 0.493 e. The van der Waals surface area contributed by atoms with Crippen LogP contribution in [0.15, 0.2) is 27.1 Å². The number of methoxy groups -OCH3 is 3. The highest BCUT2D eigenvalue weighted by molar-refractivity contribution is 6.17. The van der Waals surface area contributed by atoms with Gasteiger partial charge < -0.3 is 14.2 Å². The van der Waals surface area contributed by atoms with Crippen LogP contribution in [0.5, 0.6) is 17.2 Å². The molecule has 2 rings (SSSR count). The molecule has 0 unspecified atom stereocenters. The van der Waals surface area contributed by atoms with Gasteiger partial charge in [-0.15, -0.1) is 0 Å². The van der Waals surface area contributed by atoms with Gasteiger partial charge in [0, 0.05) is 24.2 Å². The number of ether oxygens (including phenoxy) is 3. The van der Waals surface area contributed by atoms with Gasteiger partial charge in [-0.05, 0) is 12.1 Å². The molecule has 1 aliphatic heterocycles. The molecule has 0 saturated heterocycles. The van der Waals surface area contributed by atoms with E-state index in [1.807, 2.05) is 0 Å². The predicted molar refractivity (Wildman–Crippen MR) is 77.6 cm³/mol. The molecule has 0 bridgehead atoms. The zero-order valence-electron chi connectivity index (χ0n) is 11.5. The van der Waals surface area contributed by atoms with Crippen molar-refractivity contribution in [1.29, 1.82) is 0 Å². The Labute approximate surface area is 116 Å². The predicted octanol–water partition coefficient (Wildman–Crippen LogP) is 0.857. The van der Waals surface area contributed by atoms with Crippen molar-refractivity contribution in [3.05, 3.63) is 17.7 Å². The molecule has 0 atom stereocenters. The van der Waals surface area contributed by atoms with Crippen LogP contribution in [0, 0.1) is 0 Å². The van der Waals surface area contributed by atoms with E-state index >= 15 is 0 Å². The lowest BCUT2D eigenvalue weighted by Crippen LogP contribution is -2.31. The molecule has 1 aliphatic rings. The van der Waals surface area contributed by atoms with Gasteiger partial charge in [0.15, 0.2) is 11.5 Å². The third-order valence-electron chi connectivity index (χ3n) is 2.69. The molecule has 0 aliphatic carbocycles. The maximum absolute atomic E-state index is 5.82. The quantitative estimate of drug-likeness (QED) is 0.807. The molecule has 0 spiro atoms. The fourth-order valence-corrected chi connectivity index (χ4v) is 1.73. The van der Waals surface area contributed by atoms with E-state index in [4.69, 9.17) is 19.9 Å². The second kappa shape index (κ2) is 5.70. The zero-order valence-corrected chi connectivity index (χ0v) is 11.5. The van der Waals surface area contributed by atoms with Crippen molar-refractivity contribution >= 4 is 18.6 Å². The van der Waals surface area contributed by atoms with Crippen molar-refractivity contribution in [2.75, 3.05) is 21.3 Å². The van der Waals surface area contributed by atoms with Crippen LogP contribution in [-0.4, -0.2) is 45.9 Å². The molecule has 1 heterocycles. The third-order valence-corrected chi connectivity index (χ3v) is 2.69. The molecule has 20 heavy (non-hydrogen) atoms. The summed E-state index contributed by atoms with van der Waals surface area (Å²) in [5, 5.41) is 0. The van der Waals surface area contributed by atoms with Crippen molar-refractivity contribution in [3.8, 4) is 17.2 Å². The van der Waals surface area contributed by atoms with Crippen molar-refractivity contribution in [3.63, 3.8) is 0 Å². The first-order valence-electron chi connectivity index (χ1n) is 5.85. The van der Waals surface area contributed by atoms with Gasteiger partial charge in [0.2, 0.25) is 5.75 Å². The fourth-order valence-electron chi connectivity index (χ4n) is 1.73. The van der Waals surface area contributed by atoms with Crippen molar-refractivity contribution in [2.45, 2.75) is 5.91 Å². The summed E-state index contributed by atoms with van der Waals surface area (Å²) in [6.07, 6.45) is 4.57. The highest BCUT2D eigenvalue weighted by atomic mass is 16.5. The molecule has 0 fully saturated rings. The van der Waals surface area contributed by atoms with Gasteiger partial charge in [0.1, 0.15) is 0 Å². The first-order valence-corrected chi connectivity index (χ1v) is 5.85. The van der Waals surface area contributed by atoms with Crippen LogP contribution in [-0.2, 0) is 0 Å². The van der Waals surface area contributed by atoms with Crippen molar-refractivity contribution in [2.24, 2.45) is 20.7 Å². The van der Waals surface area contributed by atoms with E-state index in [1.165, 1.54) is 12.4 Å². The Bertz CT molecular complexity index is 544. The summed E-state index contributed by atoms with van der Waals surface area (Å²) in [6, 6.07) is 3.52. The number of hydrogen-bond donors (Lipinski definition) is 1. The normalized spacial score (nSPS) is 15.8. The van der Waals surface area contributed by atoms with Gasteiger partial charge >= 0.3 is 5.91 Å². The maximum atomic E-state index is 5.82. The lowest BCUT2D eigenvalue weighted by molar-refractivity contribution is 0.324. The van der Waals surface area contributed by atoms with E-state index in [0.29, 0.717) is 17.2 Å². The molecular weight excluding hydrogens is 260 g/mol. The van der Waals surface area contributed by atoms with Gasteiger partial charge in [0.05, 0.1) is 21.3 Å². The molecule has 106 valence electrons. The Balaban J connectivity index is 2.35. The van der Waals surface area contributed by atoms with Crippen LogP contribution in [0.4, 0.5) is 0 Å². The van der Waals surface area contributed by atoms with E-state index in [0.717, 1.165) is 5.56 Å². The molecule has 1 aromatic rings. The van der Waals surface area contributed by atoms with E-state index < -0.39 is 5.91 Å². The molecule has 7 nitrogen and oxygen atoms in total. The maximum Gasteiger partial charge on any atom is 0.303 e. The van der Waals surface area contributed by atoms with E-state index in [2.05, 4.69) is 15.0 Å². The highest BCUT2D eigenvalue weighted by Gasteiger charge is 2.21. The van der Waals surface area contributed by atoms with Gasteiger partial charge in [-0.2, -0.15) is 0 Å². The third kappa shape index (κ3) is 2.77. The summed E-state index contributed by atoms with van der Waals surface area (Å²) in [6.45, 7) is 0. The van der Waals surface area contributed by atoms with Gasteiger partial charge in [-0.1, -0.05) is 0 Å². The minimum Gasteiger partial charge on any atom is -0.493 e. The second-order valence-corrected chi connectivity index (χ2v) is 3.96. The van der Waals surface area contributed by atoms with E-state index in [1.54, 1.807) is 39.7 Å². The molecular formula is C13H16N4O3. The Kier molecular flexibility index (Phi) is 3.99. The zero-order chi connectivity index (χ0) is 14.6. The van der Waals surface area contributed by atoms with Crippen LogP contribution < -0.4 is 19.9 Å². The second-order valence-electron chi connectivity index (χ2n) is 3.96. The summed E-state index contributed by atoms with van der Waals surface area (Å²) in [5.74, 6) is 0.322. The number of hydrogen-bond acceptors (Lipinski definition) is 7. The van der Waals surface area contributed by atoms with Crippen LogP contribution in [0.3, 0.4) is 0 Å². The smallest absolute Gasteiger partial charge is 0.303 e. The lowest BCUT2D eigenvalue weighted by atomic mass is 10.2. The molecule has 1 aromatic carbocycles. The van der Waals surface area contributed by atoms with Gasteiger partial charge in [-0.25, -0.2) is 15.0 Å². The van der Waals surface area contributed by atoms with Crippen LogP contribution in [0.1, 0.15) is 5.56 Å². The average Bonchev–Trinajstić information content (AvgIpc) is 2.91. The molecule has 0 saturated carbocycles.